The molecule has 0 heterocycles. The SMILES string of the molecule is CCN(Cc1ccc(N)cc1Br)c1cccc(C)c1. The van der Waals surface area contributed by atoms with Crippen LogP contribution in [0.2, 0.25) is 0 Å². The van der Waals surface area contributed by atoms with Crippen molar-refractivity contribution in [2.45, 2.75) is 20.4 Å². The fraction of sp³-hybridized carbons (Fsp3) is 0.250. The van der Waals surface area contributed by atoms with Crippen molar-refractivity contribution in [2.75, 3.05) is 17.2 Å². The fourth-order valence-corrected chi connectivity index (χ4v) is 2.63. The van der Waals surface area contributed by atoms with Crippen molar-refractivity contribution >= 4 is 27.3 Å². The number of rotatable bonds is 4. The van der Waals surface area contributed by atoms with Gasteiger partial charge in [0.25, 0.3) is 0 Å². The lowest BCUT2D eigenvalue weighted by molar-refractivity contribution is 0.829. The molecule has 0 amide bonds. The average Bonchev–Trinajstić information content (AvgIpc) is 2.38. The van der Waals surface area contributed by atoms with Crippen LogP contribution in [0.5, 0.6) is 0 Å². The molecular weight excluding hydrogens is 300 g/mol. The molecule has 0 fully saturated rings. The van der Waals surface area contributed by atoms with Crippen LogP contribution in [0.15, 0.2) is 46.9 Å². The minimum absolute atomic E-state index is 0.786. The van der Waals surface area contributed by atoms with Gasteiger partial charge < -0.3 is 10.6 Å². The summed E-state index contributed by atoms with van der Waals surface area (Å²) in [4.78, 5) is 2.35. The summed E-state index contributed by atoms with van der Waals surface area (Å²) in [5, 5.41) is 0. The summed E-state index contributed by atoms with van der Waals surface area (Å²) < 4.78 is 1.07. The van der Waals surface area contributed by atoms with Crippen molar-refractivity contribution < 1.29 is 0 Å². The van der Waals surface area contributed by atoms with Crippen LogP contribution in [-0.4, -0.2) is 6.54 Å². The maximum atomic E-state index is 5.78. The van der Waals surface area contributed by atoms with E-state index in [0.717, 1.165) is 23.2 Å². The summed E-state index contributed by atoms with van der Waals surface area (Å²) >= 11 is 3.59. The van der Waals surface area contributed by atoms with Gasteiger partial charge in [0.05, 0.1) is 0 Å². The summed E-state index contributed by atoms with van der Waals surface area (Å²) in [5.41, 5.74) is 10.4. The Morgan fingerprint density at radius 3 is 2.58 bits per heavy atom. The highest BCUT2D eigenvalue weighted by atomic mass is 79.9. The van der Waals surface area contributed by atoms with E-state index in [4.69, 9.17) is 5.73 Å². The first kappa shape index (κ1) is 13.9. The topological polar surface area (TPSA) is 29.3 Å². The summed E-state index contributed by atoms with van der Waals surface area (Å²) in [7, 11) is 0. The van der Waals surface area contributed by atoms with Gasteiger partial charge in [0.1, 0.15) is 0 Å². The number of benzene rings is 2. The van der Waals surface area contributed by atoms with E-state index in [1.54, 1.807) is 0 Å². The summed E-state index contributed by atoms with van der Waals surface area (Å²) in [6.07, 6.45) is 0. The molecule has 2 rings (SSSR count). The molecule has 19 heavy (non-hydrogen) atoms. The molecule has 0 saturated heterocycles. The number of halogens is 1. The molecular formula is C16H19BrN2. The Kier molecular flexibility index (Phi) is 4.48. The Balaban J connectivity index is 2.24. The Hall–Kier alpha value is -1.48. The molecule has 2 aromatic rings. The van der Waals surface area contributed by atoms with Gasteiger partial charge in [-0.05, 0) is 49.2 Å². The zero-order valence-electron chi connectivity index (χ0n) is 11.4. The molecule has 2 nitrogen and oxygen atoms in total. The number of hydrogen-bond donors (Lipinski definition) is 1. The van der Waals surface area contributed by atoms with Crippen LogP contribution in [0.3, 0.4) is 0 Å². The van der Waals surface area contributed by atoms with Gasteiger partial charge in [-0.2, -0.15) is 0 Å². The molecule has 0 atom stereocenters. The molecule has 100 valence electrons. The molecule has 0 aliphatic carbocycles. The number of nitrogen functional groups attached to an aromatic ring is 1. The Morgan fingerprint density at radius 1 is 1.16 bits per heavy atom. The van der Waals surface area contributed by atoms with E-state index in [-0.39, 0.29) is 0 Å². The molecule has 2 aromatic carbocycles. The van der Waals surface area contributed by atoms with Gasteiger partial charge in [-0.25, -0.2) is 0 Å². The lowest BCUT2D eigenvalue weighted by Gasteiger charge is -2.24. The monoisotopic (exact) mass is 318 g/mol. The number of aryl methyl sites for hydroxylation is 1. The second-order valence-electron chi connectivity index (χ2n) is 4.70. The van der Waals surface area contributed by atoms with Crippen molar-refractivity contribution in [1.82, 2.24) is 0 Å². The standard InChI is InChI=1S/C16H19BrN2/c1-3-19(15-6-4-5-12(2)9-15)11-13-7-8-14(18)10-16(13)17/h4-10H,3,11,18H2,1-2H3. The first-order chi connectivity index (χ1) is 9.10. The zero-order valence-corrected chi connectivity index (χ0v) is 12.9. The predicted molar refractivity (Wildman–Crippen MR) is 86.5 cm³/mol. The highest BCUT2D eigenvalue weighted by molar-refractivity contribution is 9.10. The van der Waals surface area contributed by atoms with E-state index in [1.165, 1.54) is 16.8 Å². The first-order valence-corrected chi connectivity index (χ1v) is 7.25. The number of nitrogens with zero attached hydrogens (tertiary/aromatic N) is 1. The highest BCUT2D eigenvalue weighted by Gasteiger charge is 2.08. The van der Waals surface area contributed by atoms with Gasteiger partial charge in [0.15, 0.2) is 0 Å². The lowest BCUT2D eigenvalue weighted by atomic mass is 10.1. The molecule has 0 aliphatic rings. The van der Waals surface area contributed by atoms with Crippen molar-refractivity contribution in [1.29, 1.82) is 0 Å². The third-order valence-corrected chi connectivity index (χ3v) is 3.93. The normalized spacial score (nSPS) is 10.5. The molecule has 0 aromatic heterocycles. The Morgan fingerprint density at radius 2 is 1.95 bits per heavy atom. The summed E-state index contributed by atoms with van der Waals surface area (Å²) in [5.74, 6) is 0. The first-order valence-electron chi connectivity index (χ1n) is 6.45. The van der Waals surface area contributed by atoms with E-state index in [2.05, 4.69) is 65.0 Å². The van der Waals surface area contributed by atoms with Gasteiger partial charge in [-0.3, -0.25) is 0 Å². The fourth-order valence-electron chi connectivity index (χ4n) is 2.11. The highest BCUT2D eigenvalue weighted by Crippen LogP contribution is 2.24. The van der Waals surface area contributed by atoms with Crippen molar-refractivity contribution in [3.63, 3.8) is 0 Å². The van der Waals surface area contributed by atoms with E-state index in [1.807, 2.05) is 12.1 Å². The van der Waals surface area contributed by atoms with Gasteiger partial charge in [0, 0.05) is 28.9 Å². The summed E-state index contributed by atoms with van der Waals surface area (Å²) in [6.45, 7) is 6.14. The molecule has 0 bridgehead atoms. The van der Waals surface area contributed by atoms with E-state index < -0.39 is 0 Å². The maximum Gasteiger partial charge on any atom is 0.0440 e. The largest absolute Gasteiger partial charge is 0.399 e. The van der Waals surface area contributed by atoms with Crippen LogP contribution >= 0.6 is 15.9 Å². The molecule has 0 saturated carbocycles. The Bertz CT molecular complexity index is 566. The van der Waals surface area contributed by atoms with Crippen LogP contribution < -0.4 is 10.6 Å². The second kappa shape index (κ2) is 6.11. The van der Waals surface area contributed by atoms with Gasteiger partial charge >= 0.3 is 0 Å². The lowest BCUT2D eigenvalue weighted by Crippen LogP contribution is -2.22. The number of hydrogen-bond acceptors (Lipinski definition) is 2. The minimum atomic E-state index is 0.786. The van der Waals surface area contributed by atoms with Gasteiger partial charge in [-0.15, -0.1) is 0 Å². The van der Waals surface area contributed by atoms with Crippen molar-refractivity contribution in [2.24, 2.45) is 0 Å². The predicted octanol–water partition coefficient (Wildman–Crippen LogP) is 4.37. The van der Waals surface area contributed by atoms with Crippen molar-refractivity contribution in [3.05, 3.63) is 58.1 Å². The van der Waals surface area contributed by atoms with Gasteiger partial charge in [-0.1, -0.05) is 34.1 Å². The van der Waals surface area contributed by atoms with Crippen molar-refractivity contribution in [3.8, 4) is 0 Å². The molecule has 2 N–H and O–H groups in total. The molecule has 0 spiro atoms. The van der Waals surface area contributed by atoms with E-state index >= 15 is 0 Å². The summed E-state index contributed by atoms with van der Waals surface area (Å²) in [6, 6.07) is 14.6. The molecule has 0 unspecified atom stereocenters. The quantitative estimate of drug-likeness (QED) is 0.848. The molecule has 0 radical (unpaired) electrons. The molecule has 3 heteroatoms. The number of anilines is 2. The van der Waals surface area contributed by atoms with E-state index in [9.17, 15) is 0 Å². The second-order valence-corrected chi connectivity index (χ2v) is 5.56. The van der Waals surface area contributed by atoms with Crippen LogP contribution in [0.25, 0.3) is 0 Å². The van der Waals surface area contributed by atoms with Crippen LogP contribution in [0, 0.1) is 6.92 Å². The molecule has 0 aliphatic heterocycles. The smallest absolute Gasteiger partial charge is 0.0440 e. The average molecular weight is 319 g/mol. The third kappa shape index (κ3) is 3.51. The van der Waals surface area contributed by atoms with Gasteiger partial charge in [0.2, 0.25) is 0 Å². The number of nitrogens with two attached hydrogens (primary N) is 1. The van der Waals surface area contributed by atoms with E-state index in [0.29, 0.717) is 0 Å². The maximum absolute atomic E-state index is 5.78. The van der Waals surface area contributed by atoms with Crippen LogP contribution in [0.1, 0.15) is 18.1 Å². The minimum Gasteiger partial charge on any atom is -0.399 e. The Labute approximate surface area is 123 Å². The third-order valence-electron chi connectivity index (χ3n) is 3.19. The van der Waals surface area contributed by atoms with Crippen LogP contribution in [-0.2, 0) is 6.54 Å². The van der Waals surface area contributed by atoms with Crippen LogP contribution in [0.4, 0.5) is 11.4 Å². The zero-order chi connectivity index (χ0) is 13.8.